The Labute approximate surface area is 137 Å². The van der Waals surface area contributed by atoms with E-state index < -0.39 is 0 Å². The zero-order valence-electron chi connectivity index (χ0n) is 14.0. The van der Waals surface area contributed by atoms with Crippen molar-refractivity contribution in [2.24, 2.45) is 4.99 Å². The molecule has 2 aromatic carbocycles. The minimum absolute atomic E-state index is 0.349. The summed E-state index contributed by atoms with van der Waals surface area (Å²) in [6, 6.07) is 12.7. The molecule has 0 saturated carbocycles. The molecule has 120 valence electrons. The van der Waals surface area contributed by atoms with Gasteiger partial charge in [0.15, 0.2) is 0 Å². The molecule has 0 bridgehead atoms. The van der Waals surface area contributed by atoms with Gasteiger partial charge >= 0.3 is 5.97 Å². The lowest BCUT2D eigenvalue weighted by atomic mass is 10.0. The van der Waals surface area contributed by atoms with Gasteiger partial charge in [-0.3, -0.25) is 0 Å². The first-order valence-corrected chi connectivity index (χ1v) is 7.64. The van der Waals surface area contributed by atoms with Gasteiger partial charge < -0.3 is 9.64 Å². The Hall–Kier alpha value is -2.62. The number of rotatable bonds is 5. The SMILES string of the molecule is CCN(C)/C=N/c1ccc(C(=O)Oc2ccccc2)c(C)c1C. The minimum atomic E-state index is -0.349. The molecular weight excluding hydrogens is 288 g/mol. The molecule has 2 aromatic rings. The summed E-state index contributed by atoms with van der Waals surface area (Å²) in [6.07, 6.45) is 1.80. The van der Waals surface area contributed by atoms with Crippen LogP contribution in [0, 0.1) is 13.8 Å². The van der Waals surface area contributed by atoms with Crippen LogP contribution in [0.15, 0.2) is 47.5 Å². The summed E-state index contributed by atoms with van der Waals surface area (Å²) in [6.45, 7) is 6.84. The highest BCUT2D eigenvalue weighted by molar-refractivity contribution is 5.93. The molecule has 0 heterocycles. The Balaban J connectivity index is 2.23. The Bertz CT molecular complexity index is 709. The van der Waals surface area contributed by atoms with E-state index in [4.69, 9.17) is 4.74 Å². The standard InChI is InChI=1S/C19H22N2O2/c1-5-21(4)13-20-18-12-11-17(14(2)15(18)3)19(22)23-16-9-7-6-8-10-16/h6-13H,5H2,1-4H3/b20-13+. The van der Waals surface area contributed by atoms with Crippen LogP contribution in [0.4, 0.5) is 5.69 Å². The lowest BCUT2D eigenvalue weighted by Gasteiger charge is -2.12. The average Bonchev–Trinajstić information content (AvgIpc) is 2.56. The van der Waals surface area contributed by atoms with Crippen molar-refractivity contribution < 1.29 is 9.53 Å². The first-order chi connectivity index (χ1) is 11.0. The fourth-order valence-corrected chi connectivity index (χ4v) is 2.06. The van der Waals surface area contributed by atoms with Crippen molar-refractivity contribution >= 4 is 18.0 Å². The molecule has 0 aromatic heterocycles. The summed E-state index contributed by atoms with van der Waals surface area (Å²) in [5, 5.41) is 0. The molecule has 0 aliphatic rings. The second kappa shape index (κ2) is 7.58. The Kier molecular flexibility index (Phi) is 5.52. The quantitative estimate of drug-likeness (QED) is 0.361. The van der Waals surface area contributed by atoms with Crippen molar-refractivity contribution in [3.05, 3.63) is 59.2 Å². The molecular formula is C19H22N2O2. The average molecular weight is 310 g/mol. The maximum atomic E-state index is 12.3. The third-order valence-electron chi connectivity index (χ3n) is 3.82. The van der Waals surface area contributed by atoms with Gasteiger partial charge in [-0.25, -0.2) is 9.79 Å². The van der Waals surface area contributed by atoms with E-state index in [1.165, 1.54) is 0 Å². The summed E-state index contributed by atoms with van der Waals surface area (Å²) in [7, 11) is 1.97. The van der Waals surface area contributed by atoms with E-state index in [0.29, 0.717) is 11.3 Å². The van der Waals surface area contributed by atoms with Crippen molar-refractivity contribution in [1.29, 1.82) is 0 Å². The number of benzene rings is 2. The minimum Gasteiger partial charge on any atom is -0.423 e. The molecule has 0 saturated heterocycles. The lowest BCUT2D eigenvalue weighted by Crippen LogP contribution is -2.14. The largest absolute Gasteiger partial charge is 0.423 e. The highest BCUT2D eigenvalue weighted by Crippen LogP contribution is 2.25. The van der Waals surface area contributed by atoms with Gasteiger partial charge in [0.05, 0.1) is 17.6 Å². The smallest absolute Gasteiger partial charge is 0.343 e. The van der Waals surface area contributed by atoms with Crippen molar-refractivity contribution in [1.82, 2.24) is 4.90 Å². The molecule has 0 unspecified atom stereocenters. The molecule has 0 amide bonds. The van der Waals surface area contributed by atoms with E-state index in [-0.39, 0.29) is 5.97 Å². The second-order valence-corrected chi connectivity index (χ2v) is 5.40. The highest BCUT2D eigenvalue weighted by Gasteiger charge is 2.14. The zero-order valence-corrected chi connectivity index (χ0v) is 14.0. The molecule has 0 N–H and O–H groups in total. The first-order valence-electron chi connectivity index (χ1n) is 7.64. The molecule has 0 atom stereocenters. The molecule has 4 heteroatoms. The predicted octanol–water partition coefficient (Wildman–Crippen LogP) is 4.13. The third-order valence-corrected chi connectivity index (χ3v) is 3.82. The van der Waals surface area contributed by atoms with Gasteiger partial charge in [0.2, 0.25) is 0 Å². The van der Waals surface area contributed by atoms with Crippen LogP contribution in [-0.2, 0) is 0 Å². The van der Waals surface area contributed by atoms with E-state index in [1.54, 1.807) is 24.5 Å². The van der Waals surface area contributed by atoms with Gasteiger partial charge in [-0.2, -0.15) is 0 Å². The molecule has 2 rings (SSSR count). The fraction of sp³-hybridized carbons (Fsp3) is 0.263. The molecule has 0 aliphatic carbocycles. The van der Waals surface area contributed by atoms with E-state index >= 15 is 0 Å². The van der Waals surface area contributed by atoms with Crippen LogP contribution in [0.3, 0.4) is 0 Å². The molecule has 4 nitrogen and oxygen atoms in total. The summed E-state index contributed by atoms with van der Waals surface area (Å²) >= 11 is 0. The van der Waals surface area contributed by atoms with Gasteiger partial charge in [0, 0.05) is 13.6 Å². The first kappa shape index (κ1) is 16.7. The van der Waals surface area contributed by atoms with Gasteiger partial charge in [0.25, 0.3) is 0 Å². The number of esters is 1. The van der Waals surface area contributed by atoms with Crippen molar-refractivity contribution in [3.8, 4) is 5.75 Å². The molecule has 0 spiro atoms. The normalized spacial score (nSPS) is 10.8. The van der Waals surface area contributed by atoms with E-state index in [2.05, 4.69) is 11.9 Å². The maximum Gasteiger partial charge on any atom is 0.343 e. The molecule has 0 fully saturated rings. The predicted molar refractivity (Wildman–Crippen MR) is 93.8 cm³/mol. The van der Waals surface area contributed by atoms with Crippen LogP contribution >= 0.6 is 0 Å². The lowest BCUT2D eigenvalue weighted by molar-refractivity contribution is 0.0734. The Morgan fingerprint density at radius 2 is 1.83 bits per heavy atom. The number of nitrogens with zero attached hydrogens (tertiary/aromatic N) is 2. The number of hydrogen-bond acceptors (Lipinski definition) is 3. The van der Waals surface area contributed by atoms with Gasteiger partial charge in [-0.1, -0.05) is 18.2 Å². The number of ether oxygens (including phenoxy) is 1. The van der Waals surface area contributed by atoms with Crippen LogP contribution in [0.25, 0.3) is 0 Å². The summed E-state index contributed by atoms with van der Waals surface area (Å²) < 4.78 is 5.41. The number of hydrogen-bond donors (Lipinski definition) is 0. The zero-order chi connectivity index (χ0) is 16.8. The van der Waals surface area contributed by atoms with Crippen LogP contribution in [0.1, 0.15) is 28.4 Å². The number of carbonyl (C=O) groups is 1. The van der Waals surface area contributed by atoms with Crippen LogP contribution in [0.5, 0.6) is 5.75 Å². The van der Waals surface area contributed by atoms with E-state index in [0.717, 1.165) is 23.4 Å². The monoisotopic (exact) mass is 310 g/mol. The fourth-order valence-electron chi connectivity index (χ4n) is 2.06. The molecule has 23 heavy (non-hydrogen) atoms. The highest BCUT2D eigenvalue weighted by atomic mass is 16.5. The molecule has 0 aliphatic heterocycles. The topological polar surface area (TPSA) is 41.9 Å². The summed E-state index contributed by atoms with van der Waals surface area (Å²) in [5.74, 6) is 0.194. The van der Waals surface area contributed by atoms with Gasteiger partial charge in [0.1, 0.15) is 5.75 Å². The summed E-state index contributed by atoms with van der Waals surface area (Å²) in [4.78, 5) is 18.8. The number of aliphatic imine (C=N–C) groups is 1. The maximum absolute atomic E-state index is 12.3. The second-order valence-electron chi connectivity index (χ2n) is 5.40. The van der Waals surface area contributed by atoms with Crippen LogP contribution in [0.2, 0.25) is 0 Å². The van der Waals surface area contributed by atoms with Crippen molar-refractivity contribution in [2.75, 3.05) is 13.6 Å². The number of carbonyl (C=O) groups excluding carboxylic acids is 1. The van der Waals surface area contributed by atoms with E-state index in [9.17, 15) is 4.79 Å². The Morgan fingerprint density at radius 1 is 1.13 bits per heavy atom. The van der Waals surface area contributed by atoms with Crippen molar-refractivity contribution in [3.63, 3.8) is 0 Å². The number of para-hydroxylation sites is 1. The van der Waals surface area contributed by atoms with Gasteiger partial charge in [-0.15, -0.1) is 0 Å². The van der Waals surface area contributed by atoms with Crippen LogP contribution < -0.4 is 4.74 Å². The third kappa shape index (κ3) is 4.19. The summed E-state index contributed by atoms with van der Waals surface area (Å²) in [5.41, 5.74) is 3.29. The van der Waals surface area contributed by atoms with E-state index in [1.807, 2.05) is 50.1 Å². The van der Waals surface area contributed by atoms with Crippen LogP contribution in [-0.4, -0.2) is 30.8 Å². The van der Waals surface area contributed by atoms with Gasteiger partial charge in [-0.05, 0) is 56.2 Å². The Morgan fingerprint density at radius 3 is 2.48 bits per heavy atom. The molecule has 0 radical (unpaired) electrons. The van der Waals surface area contributed by atoms with Crippen molar-refractivity contribution in [2.45, 2.75) is 20.8 Å².